The molecule has 0 fully saturated rings. The molecule has 146 valence electrons. The van der Waals surface area contributed by atoms with Gasteiger partial charge in [0.05, 0.1) is 5.56 Å². The Morgan fingerprint density at radius 3 is 1.89 bits per heavy atom. The Morgan fingerprint density at radius 2 is 1.54 bits per heavy atom. The second-order valence-corrected chi connectivity index (χ2v) is 7.49. The summed E-state index contributed by atoms with van der Waals surface area (Å²) in [6, 6.07) is 9.50. The molecule has 0 aliphatic heterocycles. The minimum atomic E-state index is -3.60. The molecule has 0 unspecified atom stereocenters. The van der Waals surface area contributed by atoms with Crippen molar-refractivity contribution < 1.29 is 8.42 Å². The first kappa shape index (κ1) is 22.9. The zero-order valence-electron chi connectivity index (χ0n) is 16.3. The summed E-state index contributed by atoms with van der Waals surface area (Å²) in [5.74, 6) is 0. The number of nitriles is 1. The Morgan fingerprint density at radius 1 is 0.929 bits per heavy atom. The van der Waals surface area contributed by atoms with Gasteiger partial charge in [-0.3, -0.25) is 15.0 Å². The van der Waals surface area contributed by atoms with Gasteiger partial charge in [0, 0.05) is 36.7 Å². The van der Waals surface area contributed by atoms with Crippen LogP contribution in [0.4, 0.5) is 0 Å². The van der Waals surface area contributed by atoms with E-state index >= 15 is 0 Å². The molecule has 0 saturated carbocycles. The molecule has 0 aliphatic rings. The van der Waals surface area contributed by atoms with E-state index in [1.54, 1.807) is 25.4 Å². The molecule has 0 amide bonds. The van der Waals surface area contributed by atoms with Gasteiger partial charge < -0.3 is 0 Å². The maximum Gasteiger partial charge on any atom is 0.239 e. The smallest absolute Gasteiger partial charge is 0.239 e. The molecule has 0 saturated heterocycles. The van der Waals surface area contributed by atoms with Crippen LogP contribution in [-0.2, 0) is 10.0 Å². The molecule has 7 nitrogen and oxygen atoms in total. The quantitative estimate of drug-likeness (QED) is 0.673. The summed E-state index contributed by atoms with van der Waals surface area (Å²) in [5.41, 5.74) is 4.61. The molecule has 2 N–H and O–H groups in total. The average molecular weight is 398 g/mol. The molecule has 28 heavy (non-hydrogen) atoms. The lowest BCUT2D eigenvalue weighted by Gasteiger charge is -1.99. The number of rotatable bonds is 1. The first-order chi connectivity index (χ1) is 13.1. The van der Waals surface area contributed by atoms with E-state index in [-0.39, 0.29) is 4.90 Å². The fraction of sp³-hybridized carbons (Fsp3) is 0.200. The lowest BCUT2D eigenvalue weighted by Crippen LogP contribution is -2.13. The van der Waals surface area contributed by atoms with Crippen LogP contribution in [0, 0.1) is 39.0 Å². The van der Waals surface area contributed by atoms with Gasteiger partial charge in [0.2, 0.25) is 10.0 Å². The van der Waals surface area contributed by atoms with Gasteiger partial charge >= 0.3 is 0 Å². The molecule has 0 bridgehead atoms. The van der Waals surface area contributed by atoms with E-state index in [1.807, 2.05) is 38.2 Å². The normalized spacial score (nSPS) is 9.86. The topological polar surface area (TPSA) is 123 Å². The second kappa shape index (κ2) is 10.9. The molecule has 0 aliphatic carbocycles. The van der Waals surface area contributed by atoms with Crippen LogP contribution >= 0.6 is 0 Å². The lowest BCUT2D eigenvalue weighted by atomic mass is 10.2. The van der Waals surface area contributed by atoms with Gasteiger partial charge in [-0.15, -0.1) is 0 Å². The van der Waals surface area contributed by atoms with Crippen molar-refractivity contribution in [3.05, 3.63) is 83.2 Å². The second-order valence-electron chi connectivity index (χ2n) is 5.96. The number of pyridine rings is 3. The molecule has 0 aromatic carbocycles. The van der Waals surface area contributed by atoms with Crippen LogP contribution in [0.3, 0.4) is 0 Å². The van der Waals surface area contributed by atoms with Crippen LogP contribution in [0.15, 0.2) is 60.1 Å². The Hall–Kier alpha value is -3.15. The highest BCUT2D eigenvalue weighted by Crippen LogP contribution is 2.09. The summed E-state index contributed by atoms with van der Waals surface area (Å²) < 4.78 is 21.6. The van der Waals surface area contributed by atoms with Gasteiger partial charge in [0.15, 0.2) is 0 Å². The van der Waals surface area contributed by atoms with E-state index in [1.165, 1.54) is 18.0 Å². The highest BCUT2D eigenvalue weighted by molar-refractivity contribution is 7.89. The maximum absolute atomic E-state index is 10.8. The Balaban J connectivity index is 0.000000213. The average Bonchev–Trinajstić information content (AvgIpc) is 2.62. The van der Waals surface area contributed by atoms with E-state index in [2.05, 4.69) is 27.9 Å². The van der Waals surface area contributed by atoms with Gasteiger partial charge in [-0.1, -0.05) is 0 Å². The molecule has 3 aromatic heterocycles. The minimum Gasteiger partial charge on any atom is -0.263 e. The molecule has 3 aromatic rings. The van der Waals surface area contributed by atoms with Crippen molar-refractivity contribution in [1.82, 2.24) is 15.0 Å². The molecular weight excluding hydrogens is 374 g/mol. The fourth-order valence-corrected chi connectivity index (χ4v) is 2.74. The van der Waals surface area contributed by atoms with Crippen molar-refractivity contribution in [2.24, 2.45) is 5.14 Å². The van der Waals surface area contributed by atoms with Crippen molar-refractivity contribution in [2.75, 3.05) is 0 Å². The molecule has 3 heterocycles. The van der Waals surface area contributed by atoms with E-state index in [9.17, 15) is 8.42 Å². The zero-order chi connectivity index (χ0) is 21.2. The molecular formula is C20H23N5O2S. The van der Waals surface area contributed by atoms with Crippen LogP contribution in [0.2, 0.25) is 0 Å². The van der Waals surface area contributed by atoms with Crippen LogP contribution in [-0.4, -0.2) is 23.4 Å². The van der Waals surface area contributed by atoms with Gasteiger partial charge in [0.25, 0.3) is 0 Å². The monoisotopic (exact) mass is 397 g/mol. The largest absolute Gasteiger partial charge is 0.263 e. The molecule has 0 atom stereocenters. The highest BCUT2D eigenvalue weighted by Gasteiger charge is 2.09. The predicted molar refractivity (Wildman–Crippen MR) is 108 cm³/mol. The van der Waals surface area contributed by atoms with Crippen molar-refractivity contribution >= 4 is 10.0 Å². The van der Waals surface area contributed by atoms with Crippen molar-refractivity contribution in [3.63, 3.8) is 0 Å². The van der Waals surface area contributed by atoms with Gasteiger partial charge in [-0.2, -0.15) is 5.26 Å². The number of primary sulfonamides is 1. The first-order valence-corrected chi connectivity index (χ1v) is 9.83. The van der Waals surface area contributed by atoms with E-state index in [0.29, 0.717) is 11.1 Å². The van der Waals surface area contributed by atoms with E-state index in [0.717, 1.165) is 11.3 Å². The molecule has 0 radical (unpaired) electrons. The van der Waals surface area contributed by atoms with Crippen molar-refractivity contribution in [1.29, 1.82) is 5.26 Å². The Bertz CT molecular complexity index is 1040. The molecule has 0 spiro atoms. The Labute approximate surface area is 166 Å². The third-order valence-corrected chi connectivity index (χ3v) is 4.55. The summed E-state index contributed by atoms with van der Waals surface area (Å²) >= 11 is 0. The van der Waals surface area contributed by atoms with Crippen LogP contribution in [0.5, 0.6) is 0 Å². The summed E-state index contributed by atoms with van der Waals surface area (Å²) in [6.07, 6.45) is 7.82. The first-order valence-electron chi connectivity index (χ1n) is 8.28. The number of aromatic nitrogens is 3. The molecule has 8 heteroatoms. The van der Waals surface area contributed by atoms with Crippen molar-refractivity contribution in [3.8, 4) is 6.07 Å². The third kappa shape index (κ3) is 8.03. The standard InChI is InChI=1S/C7H6N2.C7H9N.C6H8N2O2S/c1-6-2-3-9-5-7(6)4-8;1-6-3-4-8-7(2)5-6;1-5-2-3-8-4-6(5)11(7,9)10/h2-3,5H,1H3;3-5H,1-2H3;2-4H,1H3,(H2,7,9,10). The van der Waals surface area contributed by atoms with E-state index in [4.69, 9.17) is 10.4 Å². The SMILES string of the molecule is Cc1ccnc(C)c1.Cc1ccncc1C#N.Cc1ccncc1S(N)(=O)=O. The van der Waals surface area contributed by atoms with Gasteiger partial charge in [0.1, 0.15) is 11.0 Å². The van der Waals surface area contributed by atoms with Crippen LogP contribution in [0.25, 0.3) is 0 Å². The highest BCUT2D eigenvalue weighted by atomic mass is 32.2. The third-order valence-electron chi connectivity index (χ3n) is 3.51. The van der Waals surface area contributed by atoms with E-state index < -0.39 is 10.0 Å². The number of hydrogen-bond acceptors (Lipinski definition) is 6. The molecule has 3 rings (SSSR count). The summed E-state index contributed by atoms with van der Waals surface area (Å²) in [4.78, 5) is 11.6. The van der Waals surface area contributed by atoms with Gasteiger partial charge in [-0.05, 0) is 68.7 Å². The zero-order valence-corrected chi connectivity index (χ0v) is 17.1. The summed E-state index contributed by atoms with van der Waals surface area (Å²) in [7, 11) is -3.60. The number of sulfonamides is 1. The van der Waals surface area contributed by atoms with Crippen LogP contribution in [0.1, 0.15) is 27.9 Å². The van der Waals surface area contributed by atoms with Gasteiger partial charge in [-0.25, -0.2) is 13.6 Å². The van der Waals surface area contributed by atoms with Crippen LogP contribution < -0.4 is 5.14 Å². The Kier molecular flexibility index (Phi) is 8.88. The summed E-state index contributed by atoms with van der Waals surface area (Å²) in [5, 5.41) is 13.3. The maximum atomic E-state index is 10.8. The van der Waals surface area contributed by atoms with Crippen molar-refractivity contribution in [2.45, 2.75) is 32.6 Å². The number of nitrogens with zero attached hydrogens (tertiary/aromatic N) is 4. The minimum absolute atomic E-state index is 0.0833. The fourth-order valence-electron chi connectivity index (χ4n) is 2.02. The number of hydrogen-bond donors (Lipinski definition) is 1. The number of nitrogens with two attached hydrogens (primary N) is 1. The predicted octanol–water partition coefficient (Wildman–Crippen LogP) is 3.00. The summed E-state index contributed by atoms with van der Waals surface area (Å²) in [6.45, 7) is 7.61. The number of aryl methyl sites for hydroxylation is 4. The lowest BCUT2D eigenvalue weighted by molar-refractivity contribution is 0.596.